The number of rotatable bonds is 3. The summed E-state index contributed by atoms with van der Waals surface area (Å²) in [6, 6.07) is 14.0. The Labute approximate surface area is 170 Å². The lowest BCUT2D eigenvalue weighted by atomic mass is 9.69. The summed E-state index contributed by atoms with van der Waals surface area (Å²) in [4.78, 5) is 13.2. The lowest BCUT2D eigenvalue weighted by Gasteiger charge is -2.37. The molecule has 2 aromatic rings. The van der Waals surface area contributed by atoms with Crippen LogP contribution >= 0.6 is 0 Å². The monoisotopic (exact) mass is 388 g/mol. The Balaban J connectivity index is 2.05. The Kier molecular flexibility index (Phi) is 4.58. The van der Waals surface area contributed by atoms with Crippen LogP contribution in [0.4, 0.5) is 0 Å². The minimum atomic E-state index is -0.597. The van der Waals surface area contributed by atoms with Gasteiger partial charge in [0.2, 0.25) is 5.88 Å². The first kappa shape index (κ1) is 19.1. The maximum Gasteiger partial charge on any atom is 0.205 e. The lowest BCUT2D eigenvalue weighted by molar-refractivity contribution is -0.119. The van der Waals surface area contributed by atoms with Gasteiger partial charge in [-0.2, -0.15) is 5.26 Å². The summed E-state index contributed by atoms with van der Waals surface area (Å²) in [6.45, 7) is 6.46. The normalized spacial score (nSPS) is 20.9. The average Bonchev–Trinajstić information content (AvgIpc) is 2.66. The summed E-state index contributed by atoms with van der Waals surface area (Å²) >= 11 is 0. The molecule has 0 bridgehead atoms. The van der Waals surface area contributed by atoms with E-state index in [1.807, 2.05) is 57.2 Å². The molecule has 0 aromatic heterocycles. The molecule has 5 heteroatoms. The van der Waals surface area contributed by atoms with Crippen LogP contribution < -0.4 is 10.5 Å². The topological polar surface area (TPSA) is 85.3 Å². The zero-order chi connectivity index (χ0) is 20.8. The van der Waals surface area contributed by atoms with E-state index < -0.39 is 5.92 Å². The number of allylic oxidation sites excluding steroid dienone is 3. The van der Waals surface area contributed by atoms with Crippen LogP contribution in [0.2, 0.25) is 0 Å². The molecule has 2 N–H and O–H groups in total. The highest BCUT2D eigenvalue weighted by Gasteiger charge is 2.44. The quantitative estimate of drug-likeness (QED) is 0.824. The van der Waals surface area contributed by atoms with Gasteiger partial charge < -0.3 is 15.2 Å². The molecule has 1 heterocycles. The molecule has 2 aromatic carbocycles. The second-order valence-corrected chi connectivity index (χ2v) is 8.33. The number of Topliss-reactive ketones (excluding diaryl/α,β-unsaturated/α-hetero) is 1. The van der Waals surface area contributed by atoms with Crippen molar-refractivity contribution in [2.75, 3.05) is 6.61 Å². The van der Waals surface area contributed by atoms with Gasteiger partial charge in [-0.1, -0.05) is 44.2 Å². The van der Waals surface area contributed by atoms with Crippen molar-refractivity contribution < 1.29 is 14.3 Å². The summed E-state index contributed by atoms with van der Waals surface area (Å²) in [5.74, 6) is 0.695. The molecule has 29 heavy (non-hydrogen) atoms. The summed E-state index contributed by atoms with van der Waals surface area (Å²) in [6.07, 6.45) is 0.998. The summed E-state index contributed by atoms with van der Waals surface area (Å²) in [7, 11) is 0. The van der Waals surface area contributed by atoms with Crippen LogP contribution in [-0.2, 0) is 9.53 Å². The maximum atomic E-state index is 13.2. The molecule has 1 atom stereocenters. The number of ketones is 1. The average molecular weight is 388 g/mol. The van der Waals surface area contributed by atoms with E-state index >= 15 is 0 Å². The van der Waals surface area contributed by atoms with Crippen molar-refractivity contribution in [3.05, 3.63) is 64.8 Å². The molecule has 148 valence electrons. The predicted molar refractivity (Wildman–Crippen MR) is 111 cm³/mol. The minimum Gasteiger partial charge on any atom is -0.494 e. The van der Waals surface area contributed by atoms with Crippen molar-refractivity contribution in [2.24, 2.45) is 11.1 Å². The van der Waals surface area contributed by atoms with E-state index in [4.69, 9.17) is 15.2 Å². The van der Waals surface area contributed by atoms with Crippen LogP contribution in [0.3, 0.4) is 0 Å². The highest BCUT2D eigenvalue weighted by Crippen LogP contribution is 2.51. The Morgan fingerprint density at radius 2 is 2.00 bits per heavy atom. The fraction of sp³-hybridized carbons (Fsp3) is 0.333. The smallest absolute Gasteiger partial charge is 0.205 e. The number of nitrogens with two attached hydrogens (primary N) is 1. The van der Waals surface area contributed by atoms with Crippen LogP contribution in [0.1, 0.15) is 45.1 Å². The van der Waals surface area contributed by atoms with E-state index in [0.29, 0.717) is 36.5 Å². The van der Waals surface area contributed by atoms with E-state index in [-0.39, 0.29) is 22.7 Å². The first-order chi connectivity index (χ1) is 13.9. The zero-order valence-electron chi connectivity index (χ0n) is 16.9. The van der Waals surface area contributed by atoms with Gasteiger partial charge in [-0.25, -0.2) is 0 Å². The van der Waals surface area contributed by atoms with E-state index in [2.05, 4.69) is 6.07 Å². The number of ether oxygens (including phenoxy) is 2. The number of benzene rings is 2. The maximum absolute atomic E-state index is 13.2. The van der Waals surface area contributed by atoms with Crippen LogP contribution in [0.25, 0.3) is 10.8 Å². The molecule has 0 radical (unpaired) electrons. The van der Waals surface area contributed by atoms with Crippen molar-refractivity contribution in [3.8, 4) is 11.8 Å². The third kappa shape index (κ3) is 3.15. The molecule has 4 rings (SSSR count). The van der Waals surface area contributed by atoms with E-state index in [0.717, 1.165) is 16.3 Å². The van der Waals surface area contributed by atoms with Gasteiger partial charge in [-0.15, -0.1) is 0 Å². The molecule has 2 aliphatic rings. The predicted octanol–water partition coefficient (Wildman–Crippen LogP) is 4.69. The Hall–Kier alpha value is -3.26. The number of carbonyl (C=O) groups is 1. The number of fused-ring (bicyclic) bond motifs is 1. The number of hydrogen-bond acceptors (Lipinski definition) is 5. The fourth-order valence-corrected chi connectivity index (χ4v) is 4.43. The van der Waals surface area contributed by atoms with Gasteiger partial charge in [0.05, 0.1) is 12.5 Å². The Morgan fingerprint density at radius 1 is 1.24 bits per heavy atom. The number of carbonyl (C=O) groups excluding carboxylic acids is 1. The molecule has 0 saturated carbocycles. The van der Waals surface area contributed by atoms with Crippen LogP contribution in [0.5, 0.6) is 5.75 Å². The van der Waals surface area contributed by atoms with Crippen molar-refractivity contribution in [3.63, 3.8) is 0 Å². The minimum absolute atomic E-state index is 0.00289. The van der Waals surface area contributed by atoms with E-state index in [9.17, 15) is 10.1 Å². The number of nitriles is 1. The van der Waals surface area contributed by atoms with Gasteiger partial charge in [0.15, 0.2) is 5.78 Å². The third-order valence-electron chi connectivity index (χ3n) is 5.59. The summed E-state index contributed by atoms with van der Waals surface area (Å²) in [5.41, 5.74) is 7.55. The molecule has 1 aliphatic carbocycles. The van der Waals surface area contributed by atoms with E-state index in [1.54, 1.807) is 0 Å². The third-order valence-corrected chi connectivity index (χ3v) is 5.59. The van der Waals surface area contributed by atoms with Gasteiger partial charge in [-0.05, 0) is 29.2 Å². The largest absolute Gasteiger partial charge is 0.494 e. The van der Waals surface area contributed by atoms with Crippen molar-refractivity contribution in [1.82, 2.24) is 0 Å². The second kappa shape index (κ2) is 6.97. The Bertz CT molecular complexity index is 1120. The zero-order valence-corrected chi connectivity index (χ0v) is 16.9. The number of nitrogens with zero attached hydrogens (tertiary/aromatic N) is 1. The van der Waals surface area contributed by atoms with Gasteiger partial charge in [0.1, 0.15) is 23.2 Å². The molecule has 1 aliphatic heterocycles. The molecule has 0 amide bonds. The lowest BCUT2D eigenvalue weighted by Crippen LogP contribution is -2.33. The molecular weight excluding hydrogens is 364 g/mol. The van der Waals surface area contributed by atoms with Gasteiger partial charge in [0.25, 0.3) is 0 Å². The SMILES string of the molecule is CCOc1ccc2ccccc2c1C1C(C#N)=C(N)OC2=C1C(=O)CC(C)(C)C2. The molecule has 0 saturated heterocycles. The highest BCUT2D eigenvalue weighted by molar-refractivity contribution is 6.02. The molecule has 5 nitrogen and oxygen atoms in total. The van der Waals surface area contributed by atoms with Crippen molar-refractivity contribution >= 4 is 16.6 Å². The van der Waals surface area contributed by atoms with Crippen LogP contribution in [-0.4, -0.2) is 12.4 Å². The van der Waals surface area contributed by atoms with E-state index in [1.165, 1.54) is 0 Å². The van der Waals surface area contributed by atoms with Gasteiger partial charge >= 0.3 is 0 Å². The van der Waals surface area contributed by atoms with Gasteiger partial charge in [0, 0.05) is 24.0 Å². The molecule has 0 fully saturated rings. The first-order valence-electron chi connectivity index (χ1n) is 9.84. The van der Waals surface area contributed by atoms with Crippen molar-refractivity contribution in [1.29, 1.82) is 5.26 Å². The fourth-order valence-electron chi connectivity index (χ4n) is 4.43. The van der Waals surface area contributed by atoms with Crippen LogP contribution in [0, 0.1) is 16.7 Å². The first-order valence-corrected chi connectivity index (χ1v) is 9.84. The summed E-state index contributed by atoms with van der Waals surface area (Å²) < 4.78 is 11.8. The Morgan fingerprint density at radius 3 is 2.72 bits per heavy atom. The summed E-state index contributed by atoms with van der Waals surface area (Å²) in [5, 5.41) is 11.9. The van der Waals surface area contributed by atoms with Gasteiger partial charge in [-0.3, -0.25) is 4.79 Å². The molecular formula is C24H24N2O3. The second-order valence-electron chi connectivity index (χ2n) is 8.33. The molecule has 1 unspecified atom stereocenters. The standard InChI is InChI=1S/C24H24N2O3/c1-4-28-18-10-9-14-7-5-6-8-15(14)20(18)21-16(13-25)23(26)29-19-12-24(2,3)11-17(27)22(19)21/h5-10,21H,4,11-12,26H2,1-3H3. The highest BCUT2D eigenvalue weighted by atomic mass is 16.5. The molecule has 0 spiro atoms. The van der Waals surface area contributed by atoms with Crippen molar-refractivity contribution in [2.45, 2.75) is 39.5 Å². The number of hydrogen-bond donors (Lipinski definition) is 1. The van der Waals surface area contributed by atoms with Crippen LogP contribution in [0.15, 0.2) is 59.2 Å².